The van der Waals surface area contributed by atoms with Gasteiger partial charge in [0.2, 0.25) is 0 Å². The molecule has 0 aliphatic heterocycles. The highest BCUT2D eigenvalue weighted by Crippen LogP contribution is 2.41. The largest absolute Gasteiger partial charge is 0.356 e. The van der Waals surface area contributed by atoms with Crippen LogP contribution in [0.3, 0.4) is 0 Å². The Morgan fingerprint density at radius 3 is 2.40 bits per heavy atom. The van der Waals surface area contributed by atoms with Crippen molar-refractivity contribution in [2.45, 2.75) is 37.6 Å². The number of nitrogens with zero attached hydrogens (tertiary/aromatic N) is 2. The van der Waals surface area contributed by atoms with E-state index >= 15 is 0 Å². The fourth-order valence-corrected chi connectivity index (χ4v) is 4.31. The van der Waals surface area contributed by atoms with Gasteiger partial charge in [0.15, 0.2) is 5.96 Å². The van der Waals surface area contributed by atoms with Crippen molar-refractivity contribution in [1.29, 1.82) is 0 Å². The van der Waals surface area contributed by atoms with Crippen LogP contribution in [0.15, 0.2) is 53.5 Å². The predicted molar refractivity (Wildman–Crippen MR) is 124 cm³/mol. The van der Waals surface area contributed by atoms with Crippen LogP contribution < -0.4 is 10.6 Å². The fraction of sp³-hybridized carbons (Fsp3) is 0.417. The molecular formula is C24H31ClN4O. The number of benzene rings is 2. The molecule has 6 heteroatoms. The number of hydrogen-bond acceptors (Lipinski definition) is 2. The summed E-state index contributed by atoms with van der Waals surface area (Å²) in [6.07, 6.45) is 4.77. The molecule has 0 heterocycles. The summed E-state index contributed by atoms with van der Waals surface area (Å²) >= 11 is 6.26. The van der Waals surface area contributed by atoms with Crippen molar-refractivity contribution in [3.05, 3.63) is 70.2 Å². The molecule has 1 aliphatic carbocycles. The lowest BCUT2D eigenvalue weighted by atomic mass is 9.79. The van der Waals surface area contributed by atoms with Gasteiger partial charge >= 0.3 is 0 Å². The third-order valence-corrected chi connectivity index (χ3v) is 6.12. The number of carbonyl (C=O) groups excluding carboxylic acids is 1. The van der Waals surface area contributed by atoms with E-state index in [0.717, 1.165) is 35.9 Å². The first-order valence-corrected chi connectivity index (χ1v) is 10.8. The minimum atomic E-state index is 0.00913. The van der Waals surface area contributed by atoms with Crippen LogP contribution in [0, 0.1) is 0 Å². The first-order valence-electron chi connectivity index (χ1n) is 10.4. The summed E-state index contributed by atoms with van der Waals surface area (Å²) in [5.74, 6) is 0.784. The zero-order valence-electron chi connectivity index (χ0n) is 18.0. The molecule has 1 fully saturated rings. The van der Waals surface area contributed by atoms with Gasteiger partial charge in [0.25, 0.3) is 5.91 Å². The summed E-state index contributed by atoms with van der Waals surface area (Å²) in [5.41, 5.74) is 3.18. The number of nitrogens with one attached hydrogen (secondary N) is 2. The van der Waals surface area contributed by atoms with Crippen molar-refractivity contribution < 1.29 is 4.79 Å². The first kappa shape index (κ1) is 22.2. The quantitative estimate of drug-likeness (QED) is 0.537. The molecule has 0 saturated heterocycles. The Balaban J connectivity index is 1.60. The fourth-order valence-electron chi connectivity index (χ4n) is 4.12. The molecule has 0 atom stereocenters. The molecule has 0 radical (unpaired) electrons. The van der Waals surface area contributed by atoms with Gasteiger partial charge in [-0.15, -0.1) is 0 Å². The lowest BCUT2D eigenvalue weighted by Crippen LogP contribution is -2.44. The van der Waals surface area contributed by atoms with E-state index in [4.69, 9.17) is 11.6 Å². The molecule has 30 heavy (non-hydrogen) atoms. The molecule has 160 valence electrons. The van der Waals surface area contributed by atoms with Gasteiger partial charge in [-0.1, -0.05) is 48.7 Å². The van der Waals surface area contributed by atoms with E-state index in [-0.39, 0.29) is 11.3 Å². The van der Waals surface area contributed by atoms with Crippen LogP contribution in [-0.4, -0.2) is 44.5 Å². The monoisotopic (exact) mass is 426 g/mol. The molecule has 1 saturated carbocycles. The van der Waals surface area contributed by atoms with E-state index in [1.165, 1.54) is 18.4 Å². The van der Waals surface area contributed by atoms with Crippen LogP contribution in [0.5, 0.6) is 0 Å². The molecule has 2 aromatic rings. The second-order valence-corrected chi connectivity index (χ2v) is 8.61. The SMILES string of the molecule is CN=C(NCc1ccc(C(=O)N(C)C)cc1)NCC1(c2cccc(Cl)c2)CCCC1. The highest BCUT2D eigenvalue weighted by molar-refractivity contribution is 6.30. The Morgan fingerprint density at radius 1 is 1.10 bits per heavy atom. The summed E-state index contributed by atoms with van der Waals surface area (Å²) < 4.78 is 0. The molecule has 0 spiro atoms. The molecule has 1 amide bonds. The molecular weight excluding hydrogens is 396 g/mol. The maximum atomic E-state index is 12.0. The number of hydrogen-bond donors (Lipinski definition) is 2. The molecule has 3 rings (SSSR count). The zero-order valence-corrected chi connectivity index (χ0v) is 18.8. The molecule has 2 N–H and O–H groups in total. The Kier molecular flexibility index (Phi) is 7.38. The smallest absolute Gasteiger partial charge is 0.253 e. The summed E-state index contributed by atoms with van der Waals surface area (Å²) in [6.45, 7) is 1.46. The van der Waals surface area contributed by atoms with Crippen LogP contribution in [0.2, 0.25) is 5.02 Å². The van der Waals surface area contributed by atoms with Crippen molar-refractivity contribution in [2.75, 3.05) is 27.7 Å². The van der Waals surface area contributed by atoms with Crippen molar-refractivity contribution in [2.24, 2.45) is 4.99 Å². The van der Waals surface area contributed by atoms with Crippen LogP contribution in [-0.2, 0) is 12.0 Å². The number of halogens is 1. The Morgan fingerprint density at radius 2 is 1.80 bits per heavy atom. The van der Waals surface area contributed by atoms with Gasteiger partial charge < -0.3 is 15.5 Å². The van der Waals surface area contributed by atoms with Crippen molar-refractivity contribution >= 4 is 23.5 Å². The average Bonchev–Trinajstić information content (AvgIpc) is 3.24. The minimum absolute atomic E-state index is 0.00913. The van der Waals surface area contributed by atoms with E-state index in [9.17, 15) is 4.79 Å². The van der Waals surface area contributed by atoms with Gasteiger partial charge in [0, 0.05) is 50.2 Å². The number of rotatable bonds is 6. The molecule has 5 nitrogen and oxygen atoms in total. The minimum Gasteiger partial charge on any atom is -0.356 e. The van der Waals surface area contributed by atoms with Crippen LogP contribution in [0.4, 0.5) is 0 Å². The predicted octanol–water partition coefficient (Wildman–Crippen LogP) is 4.22. The maximum Gasteiger partial charge on any atom is 0.253 e. The molecule has 2 aromatic carbocycles. The Bertz CT molecular complexity index is 886. The first-order chi connectivity index (χ1) is 14.4. The van der Waals surface area contributed by atoms with Gasteiger partial charge in [-0.2, -0.15) is 0 Å². The molecule has 0 unspecified atom stereocenters. The Labute approximate surface area is 184 Å². The van der Waals surface area contributed by atoms with Gasteiger partial charge in [0.1, 0.15) is 0 Å². The van der Waals surface area contributed by atoms with E-state index < -0.39 is 0 Å². The maximum absolute atomic E-state index is 12.0. The number of amides is 1. The third kappa shape index (κ3) is 5.33. The van der Waals surface area contributed by atoms with Crippen LogP contribution >= 0.6 is 11.6 Å². The van der Waals surface area contributed by atoms with Crippen molar-refractivity contribution in [3.8, 4) is 0 Å². The zero-order chi connectivity index (χ0) is 21.6. The lowest BCUT2D eigenvalue weighted by molar-refractivity contribution is 0.0827. The lowest BCUT2D eigenvalue weighted by Gasteiger charge is -2.31. The van der Waals surface area contributed by atoms with Gasteiger partial charge in [-0.05, 0) is 48.2 Å². The summed E-state index contributed by atoms with van der Waals surface area (Å²) in [4.78, 5) is 18.0. The molecule has 0 aromatic heterocycles. The summed E-state index contributed by atoms with van der Waals surface area (Å²) in [6, 6.07) is 15.9. The van der Waals surface area contributed by atoms with Crippen molar-refractivity contribution in [1.82, 2.24) is 15.5 Å². The van der Waals surface area contributed by atoms with Gasteiger partial charge in [0.05, 0.1) is 0 Å². The second kappa shape index (κ2) is 9.98. The topological polar surface area (TPSA) is 56.7 Å². The van der Waals surface area contributed by atoms with Gasteiger partial charge in [-0.25, -0.2) is 0 Å². The van der Waals surface area contributed by atoms with E-state index in [2.05, 4.69) is 27.8 Å². The normalized spacial score (nSPS) is 15.7. The Hall–Kier alpha value is -2.53. The second-order valence-electron chi connectivity index (χ2n) is 8.17. The summed E-state index contributed by atoms with van der Waals surface area (Å²) in [5, 5.41) is 7.69. The third-order valence-electron chi connectivity index (χ3n) is 5.88. The van der Waals surface area contributed by atoms with Gasteiger partial charge in [-0.3, -0.25) is 9.79 Å². The molecule has 0 bridgehead atoms. The number of carbonyl (C=O) groups is 1. The highest BCUT2D eigenvalue weighted by Gasteiger charge is 2.35. The van der Waals surface area contributed by atoms with Crippen LogP contribution in [0.1, 0.15) is 47.2 Å². The van der Waals surface area contributed by atoms with E-state index in [1.54, 1.807) is 26.0 Å². The molecule has 1 aliphatic rings. The van der Waals surface area contributed by atoms with E-state index in [0.29, 0.717) is 12.1 Å². The summed E-state index contributed by atoms with van der Waals surface area (Å²) in [7, 11) is 5.30. The standard InChI is InChI=1S/C24H31ClN4O/c1-26-23(27-16-18-9-11-19(12-10-18)22(30)29(2)3)28-17-24(13-4-5-14-24)20-7-6-8-21(25)15-20/h6-12,15H,4-5,13-14,16-17H2,1-3H3,(H2,26,27,28). The average molecular weight is 427 g/mol. The van der Waals surface area contributed by atoms with Crippen molar-refractivity contribution in [3.63, 3.8) is 0 Å². The number of aliphatic imine (C=N–C) groups is 1. The van der Waals surface area contributed by atoms with E-state index in [1.807, 2.05) is 36.4 Å². The highest BCUT2D eigenvalue weighted by atomic mass is 35.5. The number of guanidine groups is 1. The van der Waals surface area contributed by atoms with Crippen LogP contribution in [0.25, 0.3) is 0 Å².